The maximum atomic E-state index is 12.5. The molecule has 3 aliphatic rings. The van der Waals surface area contributed by atoms with Gasteiger partial charge < -0.3 is 10.6 Å². The van der Waals surface area contributed by atoms with Gasteiger partial charge in [-0.3, -0.25) is 9.89 Å². The van der Waals surface area contributed by atoms with Gasteiger partial charge in [0.1, 0.15) is 11.9 Å². The first kappa shape index (κ1) is 12.3. The minimum absolute atomic E-state index is 0.122. The van der Waals surface area contributed by atoms with Crippen LogP contribution in [0, 0.1) is 5.92 Å². The Balaban J connectivity index is 1.27. The zero-order chi connectivity index (χ0) is 14.7. The Morgan fingerprint density at radius 1 is 1.27 bits per heavy atom. The molecule has 0 saturated heterocycles. The van der Waals surface area contributed by atoms with Crippen molar-refractivity contribution in [3.05, 3.63) is 47.2 Å². The number of aryl methyl sites for hydroxylation is 1. The standard InChI is InChI=1S/C17H18N4O/c22-17(13-6-5-10-8-18-21-16(10)19-13)20-15-12-7-9-3-1-2-4-11(9)14(12)15/h1-4,8,12-15H,5-7H2,(H,20,22)(H2,18,19,21)/t12-,13?,14+,15+/m0/s1. The summed E-state index contributed by atoms with van der Waals surface area (Å²) in [4.78, 5) is 12.5. The summed E-state index contributed by atoms with van der Waals surface area (Å²) in [6, 6.07) is 8.80. The lowest BCUT2D eigenvalue weighted by atomic mass is 10.0. The molecule has 1 aromatic carbocycles. The number of hydrogen-bond donors (Lipinski definition) is 3. The van der Waals surface area contributed by atoms with Crippen molar-refractivity contribution in [2.75, 3.05) is 5.32 Å². The summed E-state index contributed by atoms with van der Waals surface area (Å²) in [5.41, 5.74) is 4.06. The predicted molar refractivity (Wildman–Crippen MR) is 82.6 cm³/mol. The van der Waals surface area contributed by atoms with Crippen molar-refractivity contribution in [2.24, 2.45) is 5.92 Å². The van der Waals surface area contributed by atoms with Crippen LogP contribution in [-0.2, 0) is 17.6 Å². The maximum absolute atomic E-state index is 12.5. The van der Waals surface area contributed by atoms with Crippen molar-refractivity contribution in [2.45, 2.75) is 37.3 Å². The predicted octanol–water partition coefficient (Wildman–Crippen LogP) is 1.59. The normalized spacial score (nSPS) is 30.7. The third-order valence-electron chi connectivity index (χ3n) is 5.40. The molecule has 0 spiro atoms. The average molecular weight is 294 g/mol. The molecule has 3 N–H and O–H groups in total. The number of aromatic amines is 1. The summed E-state index contributed by atoms with van der Waals surface area (Å²) in [6.07, 6.45) is 4.67. The van der Waals surface area contributed by atoms with Crippen LogP contribution < -0.4 is 10.6 Å². The Kier molecular flexibility index (Phi) is 2.42. The van der Waals surface area contributed by atoms with Crippen molar-refractivity contribution >= 4 is 11.7 Å². The number of benzene rings is 1. The van der Waals surface area contributed by atoms with Crippen LogP contribution in [0.15, 0.2) is 30.5 Å². The number of H-pyrrole nitrogens is 1. The molecule has 0 radical (unpaired) electrons. The molecular weight excluding hydrogens is 276 g/mol. The van der Waals surface area contributed by atoms with Gasteiger partial charge in [-0.2, -0.15) is 5.10 Å². The average Bonchev–Trinajstić information content (AvgIpc) is 2.94. The van der Waals surface area contributed by atoms with E-state index in [4.69, 9.17) is 0 Å². The lowest BCUT2D eigenvalue weighted by molar-refractivity contribution is -0.122. The van der Waals surface area contributed by atoms with Crippen molar-refractivity contribution in [1.29, 1.82) is 0 Å². The van der Waals surface area contributed by atoms with Gasteiger partial charge in [-0.05, 0) is 36.3 Å². The third-order valence-corrected chi connectivity index (χ3v) is 5.40. The van der Waals surface area contributed by atoms with Crippen LogP contribution in [0.5, 0.6) is 0 Å². The van der Waals surface area contributed by atoms with Crippen molar-refractivity contribution in [1.82, 2.24) is 15.5 Å². The highest BCUT2D eigenvalue weighted by molar-refractivity contribution is 5.86. The first-order chi connectivity index (χ1) is 10.8. The molecule has 1 unspecified atom stereocenters. The van der Waals surface area contributed by atoms with Gasteiger partial charge in [0.05, 0.1) is 6.20 Å². The molecule has 2 aromatic rings. The molecule has 1 fully saturated rings. The van der Waals surface area contributed by atoms with Crippen LogP contribution in [0.1, 0.15) is 29.0 Å². The Labute approximate surface area is 128 Å². The Morgan fingerprint density at radius 2 is 2.18 bits per heavy atom. The van der Waals surface area contributed by atoms with Gasteiger partial charge in [-0.15, -0.1) is 0 Å². The van der Waals surface area contributed by atoms with Gasteiger partial charge in [-0.1, -0.05) is 24.3 Å². The minimum atomic E-state index is -0.149. The second-order valence-electron chi connectivity index (χ2n) is 6.63. The molecule has 5 heteroatoms. The summed E-state index contributed by atoms with van der Waals surface area (Å²) in [5, 5.41) is 13.5. The van der Waals surface area contributed by atoms with E-state index in [1.54, 1.807) is 0 Å². The van der Waals surface area contributed by atoms with E-state index in [0.29, 0.717) is 17.9 Å². The molecule has 1 aromatic heterocycles. The van der Waals surface area contributed by atoms with Crippen molar-refractivity contribution in [3.8, 4) is 0 Å². The zero-order valence-electron chi connectivity index (χ0n) is 12.2. The van der Waals surface area contributed by atoms with Crippen LogP contribution in [0.2, 0.25) is 0 Å². The van der Waals surface area contributed by atoms with Crippen LogP contribution in [0.4, 0.5) is 5.82 Å². The highest BCUT2D eigenvalue weighted by Gasteiger charge is 2.56. The molecule has 112 valence electrons. The fourth-order valence-corrected chi connectivity index (χ4v) is 4.18. The Hall–Kier alpha value is -2.30. The van der Waals surface area contributed by atoms with E-state index >= 15 is 0 Å². The molecule has 5 nitrogen and oxygen atoms in total. The smallest absolute Gasteiger partial charge is 0.242 e. The first-order valence-corrected chi connectivity index (χ1v) is 7.98. The first-order valence-electron chi connectivity index (χ1n) is 7.98. The van der Waals surface area contributed by atoms with Crippen LogP contribution in [0.3, 0.4) is 0 Å². The van der Waals surface area contributed by atoms with Gasteiger partial charge >= 0.3 is 0 Å². The number of amides is 1. The third kappa shape index (κ3) is 1.71. The number of aromatic nitrogens is 2. The highest BCUT2D eigenvalue weighted by Crippen LogP contribution is 2.56. The molecule has 1 amide bonds. The van der Waals surface area contributed by atoms with Crippen LogP contribution in [0.25, 0.3) is 0 Å². The van der Waals surface area contributed by atoms with Crippen molar-refractivity contribution in [3.63, 3.8) is 0 Å². The number of hydrogen-bond acceptors (Lipinski definition) is 3. The van der Waals surface area contributed by atoms with Gasteiger partial charge in [-0.25, -0.2) is 0 Å². The highest BCUT2D eigenvalue weighted by atomic mass is 16.2. The quantitative estimate of drug-likeness (QED) is 0.788. The summed E-state index contributed by atoms with van der Waals surface area (Å²) in [5.74, 6) is 2.16. The maximum Gasteiger partial charge on any atom is 0.242 e. The van der Waals surface area contributed by atoms with E-state index in [1.807, 2.05) is 6.20 Å². The van der Waals surface area contributed by atoms with Gasteiger partial charge in [0.2, 0.25) is 5.91 Å². The number of nitrogens with one attached hydrogen (secondary N) is 3. The second kappa shape index (κ2) is 4.35. The molecule has 5 rings (SSSR count). The number of carbonyl (C=O) groups is 1. The monoisotopic (exact) mass is 294 g/mol. The van der Waals surface area contributed by atoms with Crippen LogP contribution in [-0.4, -0.2) is 28.2 Å². The fraction of sp³-hybridized carbons (Fsp3) is 0.412. The van der Waals surface area contributed by atoms with E-state index in [1.165, 1.54) is 16.7 Å². The molecule has 0 bridgehead atoms. The number of nitrogens with zero attached hydrogens (tertiary/aromatic N) is 1. The van der Waals surface area contributed by atoms with E-state index in [-0.39, 0.29) is 11.9 Å². The summed E-state index contributed by atoms with van der Waals surface area (Å²) in [6.45, 7) is 0. The fourth-order valence-electron chi connectivity index (χ4n) is 4.18. The van der Waals surface area contributed by atoms with E-state index in [2.05, 4.69) is 45.1 Å². The van der Waals surface area contributed by atoms with Crippen molar-refractivity contribution < 1.29 is 4.79 Å². The molecule has 4 atom stereocenters. The largest absolute Gasteiger partial charge is 0.359 e. The molecule has 2 aliphatic carbocycles. The molecular formula is C17H18N4O. The SMILES string of the molecule is O=C(N[C@@H]1[C@H]2Cc3ccccc3[C@H]21)C1CCc2cn[nH]c2N1. The summed E-state index contributed by atoms with van der Waals surface area (Å²) < 4.78 is 0. The molecule has 2 heterocycles. The zero-order valence-corrected chi connectivity index (χ0v) is 12.2. The summed E-state index contributed by atoms with van der Waals surface area (Å²) >= 11 is 0. The second-order valence-corrected chi connectivity index (χ2v) is 6.63. The Morgan fingerprint density at radius 3 is 3.14 bits per heavy atom. The van der Waals surface area contributed by atoms with E-state index in [0.717, 1.165) is 25.1 Å². The van der Waals surface area contributed by atoms with Crippen LogP contribution >= 0.6 is 0 Å². The van der Waals surface area contributed by atoms with E-state index < -0.39 is 0 Å². The van der Waals surface area contributed by atoms with Gasteiger partial charge in [0, 0.05) is 17.5 Å². The molecule has 1 aliphatic heterocycles. The number of rotatable bonds is 2. The van der Waals surface area contributed by atoms with Gasteiger partial charge in [0.15, 0.2) is 0 Å². The topological polar surface area (TPSA) is 69.8 Å². The molecule has 22 heavy (non-hydrogen) atoms. The number of fused-ring (bicyclic) bond motifs is 4. The Bertz CT molecular complexity index is 753. The number of anilines is 1. The lowest BCUT2D eigenvalue weighted by Crippen LogP contribution is -2.43. The lowest BCUT2D eigenvalue weighted by Gasteiger charge is -2.23. The number of carbonyl (C=O) groups excluding carboxylic acids is 1. The minimum Gasteiger partial charge on any atom is -0.359 e. The molecule has 1 saturated carbocycles. The van der Waals surface area contributed by atoms with E-state index in [9.17, 15) is 4.79 Å². The van der Waals surface area contributed by atoms with Gasteiger partial charge in [0.25, 0.3) is 0 Å². The summed E-state index contributed by atoms with van der Waals surface area (Å²) in [7, 11) is 0.